The summed E-state index contributed by atoms with van der Waals surface area (Å²) in [6, 6.07) is 5.76. The molecule has 0 aliphatic heterocycles. The third-order valence-corrected chi connectivity index (χ3v) is 3.63. The number of carbonyl (C=O) groups is 1. The summed E-state index contributed by atoms with van der Waals surface area (Å²) in [7, 11) is 0. The Morgan fingerprint density at radius 1 is 1.56 bits per heavy atom. The topological polar surface area (TPSA) is 59.4 Å². The standard InChI is InChI=1S/C12H10BrNO3S/c1-7-2-3-8(13)4-10(7)17-5-9-6-18-11(14-9)12(15)16/h2-4,6H,5H2,1H3,(H,15,16). The van der Waals surface area contributed by atoms with Crippen LogP contribution in [-0.2, 0) is 6.61 Å². The van der Waals surface area contributed by atoms with Crippen molar-refractivity contribution in [3.63, 3.8) is 0 Å². The number of benzene rings is 1. The maximum absolute atomic E-state index is 10.7. The Bertz CT molecular complexity index is 582. The van der Waals surface area contributed by atoms with Gasteiger partial charge in [-0.25, -0.2) is 9.78 Å². The summed E-state index contributed by atoms with van der Waals surface area (Å²) in [5.41, 5.74) is 1.64. The number of hydrogen-bond donors (Lipinski definition) is 1. The first kappa shape index (κ1) is 13.0. The Morgan fingerprint density at radius 2 is 2.33 bits per heavy atom. The maximum Gasteiger partial charge on any atom is 0.365 e. The summed E-state index contributed by atoms with van der Waals surface area (Å²) in [6.45, 7) is 2.21. The highest BCUT2D eigenvalue weighted by molar-refractivity contribution is 9.10. The smallest absolute Gasteiger partial charge is 0.365 e. The van der Waals surface area contributed by atoms with Gasteiger partial charge in [0, 0.05) is 9.85 Å². The lowest BCUT2D eigenvalue weighted by molar-refractivity contribution is 0.0696. The van der Waals surface area contributed by atoms with Crippen LogP contribution in [0.3, 0.4) is 0 Å². The number of thiazole rings is 1. The zero-order chi connectivity index (χ0) is 13.1. The quantitative estimate of drug-likeness (QED) is 0.933. The molecule has 0 aliphatic rings. The zero-order valence-electron chi connectivity index (χ0n) is 9.51. The summed E-state index contributed by atoms with van der Waals surface area (Å²) >= 11 is 4.47. The zero-order valence-corrected chi connectivity index (χ0v) is 11.9. The van der Waals surface area contributed by atoms with Crippen molar-refractivity contribution in [2.24, 2.45) is 0 Å². The average Bonchev–Trinajstić information content (AvgIpc) is 2.79. The van der Waals surface area contributed by atoms with E-state index in [-0.39, 0.29) is 11.6 Å². The van der Waals surface area contributed by atoms with Gasteiger partial charge in [-0.05, 0) is 24.6 Å². The Labute approximate surface area is 116 Å². The number of carboxylic acids is 1. The molecule has 0 fully saturated rings. The van der Waals surface area contributed by atoms with E-state index < -0.39 is 5.97 Å². The Hall–Kier alpha value is -1.40. The highest BCUT2D eigenvalue weighted by Gasteiger charge is 2.09. The fourth-order valence-corrected chi connectivity index (χ4v) is 2.33. The van der Waals surface area contributed by atoms with Crippen molar-refractivity contribution in [2.75, 3.05) is 0 Å². The van der Waals surface area contributed by atoms with Crippen molar-refractivity contribution in [2.45, 2.75) is 13.5 Å². The second-order valence-electron chi connectivity index (χ2n) is 3.65. The third-order valence-electron chi connectivity index (χ3n) is 2.26. The number of aryl methyl sites for hydroxylation is 1. The van der Waals surface area contributed by atoms with Gasteiger partial charge in [0.25, 0.3) is 0 Å². The summed E-state index contributed by atoms with van der Waals surface area (Å²) in [5, 5.41) is 10.5. The van der Waals surface area contributed by atoms with Crippen LogP contribution in [0.1, 0.15) is 21.1 Å². The minimum absolute atomic E-state index is 0.0829. The molecule has 0 unspecified atom stereocenters. The molecule has 0 bridgehead atoms. The van der Waals surface area contributed by atoms with E-state index in [4.69, 9.17) is 9.84 Å². The molecule has 0 amide bonds. The lowest BCUT2D eigenvalue weighted by Gasteiger charge is -2.07. The summed E-state index contributed by atoms with van der Waals surface area (Å²) in [4.78, 5) is 14.6. The van der Waals surface area contributed by atoms with Crippen molar-refractivity contribution in [1.82, 2.24) is 4.98 Å². The predicted molar refractivity (Wildman–Crippen MR) is 72.3 cm³/mol. The monoisotopic (exact) mass is 327 g/mol. The third kappa shape index (κ3) is 3.08. The first-order valence-corrected chi connectivity index (χ1v) is 6.80. The van der Waals surface area contributed by atoms with Crippen molar-refractivity contribution < 1.29 is 14.6 Å². The molecular weight excluding hydrogens is 318 g/mol. The minimum atomic E-state index is -1.01. The number of hydrogen-bond acceptors (Lipinski definition) is 4. The van der Waals surface area contributed by atoms with E-state index in [1.54, 1.807) is 5.38 Å². The van der Waals surface area contributed by atoms with Gasteiger partial charge in [0.2, 0.25) is 5.01 Å². The molecule has 0 spiro atoms. The molecule has 0 saturated carbocycles. The van der Waals surface area contributed by atoms with Gasteiger partial charge >= 0.3 is 5.97 Å². The lowest BCUT2D eigenvalue weighted by atomic mass is 10.2. The number of nitrogens with zero attached hydrogens (tertiary/aromatic N) is 1. The van der Waals surface area contributed by atoms with Crippen LogP contribution < -0.4 is 4.74 Å². The van der Waals surface area contributed by atoms with Crippen LogP contribution >= 0.6 is 27.3 Å². The van der Waals surface area contributed by atoms with E-state index in [9.17, 15) is 4.79 Å². The molecule has 18 heavy (non-hydrogen) atoms. The first-order chi connectivity index (χ1) is 8.56. The fraction of sp³-hybridized carbons (Fsp3) is 0.167. The average molecular weight is 328 g/mol. The molecule has 0 saturated heterocycles. The number of aromatic carboxylic acids is 1. The van der Waals surface area contributed by atoms with Crippen LogP contribution in [0.2, 0.25) is 0 Å². The predicted octanol–water partition coefficient (Wildman–Crippen LogP) is 3.49. The molecule has 1 heterocycles. The van der Waals surface area contributed by atoms with Crippen molar-refractivity contribution >= 4 is 33.2 Å². The van der Waals surface area contributed by atoms with E-state index in [2.05, 4.69) is 20.9 Å². The Balaban J connectivity index is 2.06. The fourth-order valence-electron chi connectivity index (χ4n) is 1.35. The van der Waals surface area contributed by atoms with Gasteiger partial charge in [0.05, 0.1) is 5.69 Å². The van der Waals surface area contributed by atoms with Crippen molar-refractivity contribution in [3.8, 4) is 5.75 Å². The number of carboxylic acid groups (broad SMARTS) is 1. The molecule has 4 nitrogen and oxygen atoms in total. The van der Waals surface area contributed by atoms with Crippen LogP contribution in [0.5, 0.6) is 5.75 Å². The second kappa shape index (κ2) is 5.49. The van der Waals surface area contributed by atoms with E-state index >= 15 is 0 Å². The first-order valence-electron chi connectivity index (χ1n) is 5.13. The SMILES string of the molecule is Cc1ccc(Br)cc1OCc1csc(C(=O)O)n1. The molecular formula is C12H10BrNO3S. The molecule has 1 aromatic carbocycles. The van der Waals surface area contributed by atoms with Gasteiger partial charge in [0.1, 0.15) is 12.4 Å². The molecule has 6 heteroatoms. The van der Waals surface area contributed by atoms with E-state index in [1.165, 1.54) is 0 Å². The highest BCUT2D eigenvalue weighted by atomic mass is 79.9. The highest BCUT2D eigenvalue weighted by Crippen LogP contribution is 2.24. The van der Waals surface area contributed by atoms with Gasteiger partial charge in [-0.1, -0.05) is 22.0 Å². The van der Waals surface area contributed by atoms with Crippen LogP contribution in [0.25, 0.3) is 0 Å². The van der Waals surface area contributed by atoms with Crippen molar-refractivity contribution in [1.29, 1.82) is 0 Å². The van der Waals surface area contributed by atoms with Gasteiger partial charge < -0.3 is 9.84 Å². The van der Waals surface area contributed by atoms with Crippen LogP contribution in [0.15, 0.2) is 28.1 Å². The molecule has 0 atom stereocenters. The van der Waals surface area contributed by atoms with Crippen LogP contribution in [0.4, 0.5) is 0 Å². The molecule has 2 rings (SSSR count). The minimum Gasteiger partial charge on any atom is -0.487 e. The number of halogens is 1. The van der Waals surface area contributed by atoms with Crippen molar-refractivity contribution in [3.05, 3.63) is 44.3 Å². The van der Waals surface area contributed by atoms with E-state index in [1.807, 2.05) is 25.1 Å². The Morgan fingerprint density at radius 3 is 3.00 bits per heavy atom. The Kier molecular flexibility index (Phi) is 3.98. The van der Waals surface area contributed by atoms with Gasteiger partial charge in [0.15, 0.2) is 0 Å². The van der Waals surface area contributed by atoms with Crippen LogP contribution in [-0.4, -0.2) is 16.1 Å². The van der Waals surface area contributed by atoms with Crippen LogP contribution in [0, 0.1) is 6.92 Å². The second-order valence-corrected chi connectivity index (χ2v) is 5.42. The molecule has 0 radical (unpaired) electrons. The number of rotatable bonds is 4. The number of ether oxygens (including phenoxy) is 1. The summed E-state index contributed by atoms with van der Waals surface area (Å²) < 4.78 is 6.56. The molecule has 1 N–H and O–H groups in total. The molecule has 2 aromatic rings. The normalized spacial score (nSPS) is 10.3. The van der Waals surface area contributed by atoms with E-state index in [0.29, 0.717) is 5.69 Å². The van der Waals surface area contributed by atoms with E-state index in [0.717, 1.165) is 27.1 Å². The summed E-state index contributed by atoms with van der Waals surface area (Å²) in [6.07, 6.45) is 0. The van der Waals surface area contributed by atoms with Gasteiger partial charge in [-0.2, -0.15) is 0 Å². The van der Waals surface area contributed by atoms with Gasteiger partial charge in [-0.3, -0.25) is 0 Å². The van der Waals surface area contributed by atoms with Gasteiger partial charge in [-0.15, -0.1) is 11.3 Å². The molecule has 94 valence electrons. The maximum atomic E-state index is 10.7. The molecule has 0 aliphatic carbocycles. The largest absolute Gasteiger partial charge is 0.487 e. The number of aromatic nitrogens is 1. The lowest BCUT2D eigenvalue weighted by Crippen LogP contribution is -2.00. The summed E-state index contributed by atoms with van der Waals surface area (Å²) in [5.74, 6) is -0.251. The molecule has 1 aromatic heterocycles.